The van der Waals surface area contributed by atoms with Crippen molar-refractivity contribution in [1.29, 1.82) is 0 Å². The summed E-state index contributed by atoms with van der Waals surface area (Å²) in [5.41, 5.74) is 17.4. The van der Waals surface area contributed by atoms with Crippen LogP contribution in [0.3, 0.4) is 0 Å². The lowest BCUT2D eigenvalue weighted by atomic mass is 10.1. The van der Waals surface area contributed by atoms with Gasteiger partial charge in [0.1, 0.15) is 17.3 Å². The average Bonchev–Trinajstić information content (AvgIpc) is 2.82. The van der Waals surface area contributed by atoms with E-state index in [1.165, 1.54) is 12.8 Å². The molecular weight excluding hydrogens is 400 g/mol. The first-order chi connectivity index (χ1) is 15.5. The van der Waals surface area contributed by atoms with Gasteiger partial charge in [-0.25, -0.2) is 4.98 Å². The van der Waals surface area contributed by atoms with E-state index in [0.29, 0.717) is 24.6 Å². The van der Waals surface area contributed by atoms with Gasteiger partial charge in [0.2, 0.25) is 0 Å². The molecule has 6 nitrogen and oxygen atoms in total. The van der Waals surface area contributed by atoms with E-state index in [2.05, 4.69) is 47.1 Å². The summed E-state index contributed by atoms with van der Waals surface area (Å²) >= 11 is 0. The quantitative estimate of drug-likeness (QED) is 0.403. The van der Waals surface area contributed by atoms with Crippen LogP contribution in [0.2, 0.25) is 0 Å². The van der Waals surface area contributed by atoms with E-state index < -0.39 is 0 Å². The minimum absolute atomic E-state index is 0.392. The summed E-state index contributed by atoms with van der Waals surface area (Å²) < 4.78 is 10.6. The fraction of sp³-hybridized carbons (Fsp3) is 0.346. The highest BCUT2D eigenvalue weighted by Crippen LogP contribution is 2.32. The molecule has 32 heavy (non-hydrogen) atoms. The van der Waals surface area contributed by atoms with Crippen LogP contribution in [0.4, 0.5) is 17.2 Å². The Bertz CT molecular complexity index is 938. The van der Waals surface area contributed by atoms with E-state index in [0.717, 1.165) is 46.8 Å². The molecule has 3 rings (SSSR count). The van der Waals surface area contributed by atoms with Gasteiger partial charge in [-0.15, -0.1) is 0 Å². The fourth-order valence-corrected chi connectivity index (χ4v) is 3.69. The molecule has 0 aliphatic carbocycles. The molecule has 3 aromatic rings. The third kappa shape index (κ3) is 6.06. The fourth-order valence-electron chi connectivity index (χ4n) is 3.69. The van der Waals surface area contributed by atoms with Gasteiger partial charge in [0.15, 0.2) is 0 Å². The van der Waals surface area contributed by atoms with Crippen LogP contribution in [-0.2, 0) is 19.5 Å². The Hall–Kier alpha value is -3.41. The lowest BCUT2D eigenvalue weighted by molar-refractivity contribution is 0.414. The van der Waals surface area contributed by atoms with Crippen LogP contribution < -0.4 is 25.8 Å². The predicted molar refractivity (Wildman–Crippen MR) is 132 cm³/mol. The molecule has 0 atom stereocenters. The molecule has 1 aromatic heterocycles. The zero-order valence-corrected chi connectivity index (χ0v) is 19.3. The normalized spacial score (nSPS) is 10.7. The molecule has 0 spiro atoms. The average molecular weight is 435 g/mol. The van der Waals surface area contributed by atoms with Crippen molar-refractivity contribution in [3.05, 3.63) is 71.4 Å². The molecule has 0 radical (unpaired) electrons. The Kier molecular flexibility index (Phi) is 8.20. The van der Waals surface area contributed by atoms with Crippen molar-refractivity contribution in [2.75, 3.05) is 30.6 Å². The van der Waals surface area contributed by atoms with Crippen LogP contribution in [0, 0.1) is 0 Å². The number of ether oxygens (including phenoxy) is 2. The Balaban J connectivity index is 1.94. The number of nitrogens with zero attached hydrogens (tertiary/aromatic N) is 2. The van der Waals surface area contributed by atoms with E-state index in [1.54, 1.807) is 14.2 Å². The number of unbranched alkanes of at least 4 members (excludes halogenated alkanes) is 2. The van der Waals surface area contributed by atoms with E-state index in [1.807, 2.05) is 24.3 Å². The molecule has 0 bridgehead atoms. The topological polar surface area (TPSA) is 86.6 Å². The Morgan fingerprint density at radius 2 is 1.34 bits per heavy atom. The second-order valence-electron chi connectivity index (χ2n) is 7.94. The number of anilines is 3. The third-order valence-electron chi connectivity index (χ3n) is 5.56. The number of hydrogen-bond donors (Lipinski definition) is 2. The van der Waals surface area contributed by atoms with Crippen molar-refractivity contribution >= 4 is 17.2 Å². The van der Waals surface area contributed by atoms with Crippen molar-refractivity contribution in [2.45, 2.75) is 45.7 Å². The van der Waals surface area contributed by atoms with Gasteiger partial charge in [0.05, 0.1) is 25.6 Å². The van der Waals surface area contributed by atoms with E-state index in [9.17, 15) is 0 Å². The smallest absolute Gasteiger partial charge is 0.149 e. The third-order valence-corrected chi connectivity index (χ3v) is 5.56. The number of methoxy groups -OCH3 is 2. The first kappa shape index (κ1) is 23.3. The summed E-state index contributed by atoms with van der Waals surface area (Å²) in [5, 5.41) is 0. The maximum absolute atomic E-state index is 6.44. The SMILES string of the molecule is CCCCCc1cc(N(Cc2ccc(OC)cc2)Cc2ccc(OC)cc2)c(N)c(N)n1. The zero-order chi connectivity index (χ0) is 22.9. The second-order valence-corrected chi connectivity index (χ2v) is 7.94. The molecule has 170 valence electrons. The zero-order valence-electron chi connectivity index (χ0n) is 19.3. The monoisotopic (exact) mass is 434 g/mol. The van der Waals surface area contributed by atoms with E-state index in [4.69, 9.17) is 20.9 Å². The summed E-state index contributed by atoms with van der Waals surface area (Å²) in [5.74, 6) is 2.06. The van der Waals surface area contributed by atoms with Crippen LogP contribution >= 0.6 is 0 Å². The maximum atomic E-state index is 6.44. The summed E-state index contributed by atoms with van der Waals surface area (Å²) in [6.07, 6.45) is 4.31. The Morgan fingerprint density at radius 3 is 1.81 bits per heavy atom. The largest absolute Gasteiger partial charge is 0.497 e. The molecule has 0 fully saturated rings. The standard InChI is InChI=1S/C26H34N4O2/c1-4-5-6-7-21-16-24(25(27)26(28)29-21)30(17-19-8-12-22(31-2)13-9-19)18-20-10-14-23(32-3)15-11-20/h8-16H,4-7,17-18,27H2,1-3H3,(H2,28,29). The summed E-state index contributed by atoms with van der Waals surface area (Å²) in [4.78, 5) is 6.79. The van der Waals surface area contributed by atoms with Crippen molar-refractivity contribution in [2.24, 2.45) is 0 Å². The maximum Gasteiger partial charge on any atom is 0.149 e. The summed E-state index contributed by atoms with van der Waals surface area (Å²) in [6.45, 7) is 3.55. The molecule has 0 saturated carbocycles. The van der Waals surface area contributed by atoms with Gasteiger partial charge in [-0.2, -0.15) is 0 Å². The second kappa shape index (κ2) is 11.3. The van der Waals surface area contributed by atoms with Crippen LogP contribution in [0.25, 0.3) is 0 Å². The van der Waals surface area contributed by atoms with Crippen molar-refractivity contribution < 1.29 is 9.47 Å². The van der Waals surface area contributed by atoms with Gasteiger partial charge in [0, 0.05) is 18.8 Å². The minimum atomic E-state index is 0.392. The first-order valence-corrected chi connectivity index (χ1v) is 11.1. The highest BCUT2D eigenvalue weighted by Gasteiger charge is 2.16. The number of benzene rings is 2. The molecule has 0 aliphatic rings. The highest BCUT2D eigenvalue weighted by molar-refractivity contribution is 5.77. The number of hydrogen-bond acceptors (Lipinski definition) is 6. The number of nitrogen functional groups attached to an aromatic ring is 2. The van der Waals surface area contributed by atoms with Crippen LogP contribution in [0.5, 0.6) is 11.5 Å². The molecule has 6 heteroatoms. The number of rotatable bonds is 11. The van der Waals surface area contributed by atoms with Gasteiger partial charge in [-0.1, -0.05) is 44.0 Å². The van der Waals surface area contributed by atoms with Crippen LogP contribution in [-0.4, -0.2) is 19.2 Å². The number of aryl methyl sites for hydroxylation is 1. The Morgan fingerprint density at radius 1 is 0.812 bits per heavy atom. The lowest BCUT2D eigenvalue weighted by Gasteiger charge is -2.27. The van der Waals surface area contributed by atoms with Crippen molar-refractivity contribution in [1.82, 2.24) is 4.98 Å². The van der Waals surface area contributed by atoms with Crippen LogP contribution in [0.1, 0.15) is 43.0 Å². The summed E-state index contributed by atoms with van der Waals surface area (Å²) in [7, 11) is 3.34. The predicted octanol–water partition coefficient (Wildman–Crippen LogP) is 5.20. The molecule has 0 unspecified atom stereocenters. The van der Waals surface area contributed by atoms with Gasteiger partial charge < -0.3 is 25.8 Å². The number of aromatic nitrogens is 1. The number of nitrogens with two attached hydrogens (primary N) is 2. The first-order valence-electron chi connectivity index (χ1n) is 11.1. The molecule has 1 heterocycles. The van der Waals surface area contributed by atoms with Crippen molar-refractivity contribution in [3.63, 3.8) is 0 Å². The molecular formula is C26H34N4O2. The van der Waals surface area contributed by atoms with E-state index in [-0.39, 0.29) is 0 Å². The van der Waals surface area contributed by atoms with Crippen LogP contribution in [0.15, 0.2) is 54.6 Å². The summed E-state index contributed by atoms with van der Waals surface area (Å²) in [6, 6.07) is 18.3. The van der Waals surface area contributed by atoms with Crippen molar-refractivity contribution in [3.8, 4) is 11.5 Å². The molecule has 4 N–H and O–H groups in total. The number of pyridine rings is 1. The van der Waals surface area contributed by atoms with Gasteiger partial charge in [-0.05, 0) is 54.3 Å². The lowest BCUT2D eigenvalue weighted by Crippen LogP contribution is -2.24. The molecule has 0 saturated heterocycles. The van der Waals surface area contributed by atoms with Gasteiger partial charge in [0.25, 0.3) is 0 Å². The highest BCUT2D eigenvalue weighted by atomic mass is 16.5. The van der Waals surface area contributed by atoms with Gasteiger partial charge >= 0.3 is 0 Å². The van der Waals surface area contributed by atoms with E-state index >= 15 is 0 Å². The minimum Gasteiger partial charge on any atom is -0.497 e. The molecule has 2 aromatic carbocycles. The van der Waals surface area contributed by atoms with Gasteiger partial charge in [-0.3, -0.25) is 0 Å². The molecule has 0 amide bonds. The Labute approximate surface area is 191 Å². The molecule has 0 aliphatic heterocycles.